The Kier molecular flexibility index (Phi) is 8.20. The van der Waals surface area contributed by atoms with Crippen LogP contribution in [0.15, 0.2) is 104 Å². The van der Waals surface area contributed by atoms with Gasteiger partial charge in [-0.15, -0.1) is 6.58 Å². The molecule has 0 aliphatic rings. The number of amides is 1. The first-order chi connectivity index (χ1) is 16.0. The maximum atomic E-state index is 14.0. The smallest absolute Gasteiger partial charge is 0.329 e. The third-order valence-electron chi connectivity index (χ3n) is 5.80. The number of esters is 1. The Morgan fingerprint density at radius 2 is 1.36 bits per heavy atom. The lowest BCUT2D eigenvalue weighted by Gasteiger charge is -2.35. The van der Waals surface area contributed by atoms with Crippen molar-refractivity contribution < 1.29 is 14.3 Å². The van der Waals surface area contributed by atoms with Crippen molar-refractivity contribution in [3.05, 3.63) is 120 Å². The topological polar surface area (TPSA) is 55.4 Å². The van der Waals surface area contributed by atoms with Gasteiger partial charge in [-0.25, -0.2) is 4.79 Å². The Hall–Kier alpha value is -3.66. The van der Waals surface area contributed by atoms with Crippen LogP contribution in [-0.4, -0.2) is 17.9 Å². The van der Waals surface area contributed by atoms with E-state index in [0.29, 0.717) is 6.42 Å². The number of rotatable bonds is 10. The molecule has 0 fully saturated rings. The zero-order chi connectivity index (χ0) is 23.7. The normalized spacial score (nSPS) is 12.1. The van der Waals surface area contributed by atoms with Crippen molar-refractivity contribution >= 4 is 11.9 Å². The van der Waals surface area contributed by atoms with Crippen LogP contribution in [0.5, 0.6) is 0 Å². The van der Waals surface area contributed by atoms with Crippen molar-refractivity contribution in [2.24, 2.45) is 5.92 Å². The molecule has 1 N–H and O–H groups in total. The molecule has 0 aliphatic heterocycles. The molecular formula is C29H31NO3. The Morgan fingerprint density at radius 1 is 0.879 bits per heavy atom. The molecule has 1 amide bonds. The summed E-state index contributed by atoms with van der Waals surface area (Å²) in [6.45, 7) is 7.88. The van der Waals surface area contributed by atoms with Crippen molar-refractivity contribution in [2.75, 3.05) is 0 Å². The van der Waals surface area contributed by atoms with Crippen LogP contribution in [-0.2, 0) is 26.3 Å². The molecule has 0 aromatic heterocycles. The lowest BCUT2D eigenvalue weighted by molar-refractivity contribution is -0.151. The summed E-state index contributed by atoms with van der Waals surface area (Å²) in [7, 11) is 0. The average molecular weight is 442 g/mol. The fourth-order valence-corrected chi connectivity index (χ4v) is 4.00. The Labute approximate surface area is 196 Å². The quantitative estimate of drug-likeness (QED) is 0.337. The van der Waals surface area contributed by atoms with Crippen LogP contribution < -0.4 is 5.32 Å². The SMILES string of the molecule is C=CCC(C(=O)N[C@H](C(=O)OCc1ccccc1)C(C)C)(c1ccccc1)c1ccccc1. The maximum Gasteiger partial charge on any atom is 0.329 e. The third kappa shape index (κ3) is 5.58. The first-order valence-electron chi connectivity index (χ1n) is 11.2. The summed E-state index contributed by atoms with van der Waals surface area (Å²) in [5.74, 6) is -0.851. The standard InChI is InChI=1S/C29H31NO3/c1-4-20-29(24-16-10-6-11-17-24,25-18-12-7-13-19-25)28(32)30-26(22(2)3)27(31)33-21-23-14-8-5-9-15-23/h4-19,22,26H,1,20-21H2,2-3H3,(H,30,32)/t26-/m0/s1. The number of allylic oxidation sites excluding steroid dienone is 1. The van der Waals surface area contributed by atoms with Crippen molar-refractivity contribution in [3.63, 3.8) is 0 Å². The van der Waals surface area contributed by atoms with Gasteiger partial charge in [0.1, 0.15) is 18.1 Å². The second-order valence-corrected chi connectivity index (χ2v) is 8.42. The van der Waals surface area contributed by atoms with Crippen LogP contribution >= 0.6 is 0 Å². The van der Waals surface area contributed by atoms with Gasteiger partial charge in [0.05, 0.1) is 0 Å². The lowest BCUT2D eigenvalue weighted by Crippen LogP contribution is -2.53. The largest absolute Gasteiger partial charge is 0.459 e. The van der Waals surface area contributed by atoms with E-state index in [1.54, 1.807) is 6.08 Å². The van der Waals surface area contributed by atoms with Gasteiger partial charge in [0, 0.05) is 0 Å². The van der Waals surface area contributed by atoms with Crippen LogP contribution in [0.2, 0.25) is 0 Å². The molecule has 1 atom stereocenters. The number of hydrogen-bond donors (Lipinski definition) is 1. The minimum absolute atomic E-state index is 0.148. The molecule has 0 spiro atoms. The molecular weight excluding hydrogens is 410 g/mol. The number of nitrogens with one attached hydrogen (secondary N) is 1. The summed E-state index contributed by atoms with van der Waals surface area (Å²) in [6, 6.07) is 28.0. The van der Waals surface area contributed by atoms with E-state index in [9.17, 15) is 9.59 Å². The van der Waals surface area contributed by atoms with Crippen molar-refractivity contribution in [2.45, 2.75) is 38.3 Å². The van der Waals surface area contributed by atoms with Gasteiger partial charge in [-0.2, -0.15) is 0 Å². The highest BCUT2D eigenvalue weighted by Crippen LogP contribution is 2.37. The summed E-state index contributed by atoms with van der Waals surface area (Å²) in [4.78, 5) is 27.0. The van der Waals surface area contributed by atoms with E-state index in [1.165, 1.54) is 0 Å². The summed E-state index contributed by atoms with van der Waals surface area (Å²) < 4.78 is 5.56. The molecule has 0 heterocycles. The first kappa shape index (κ1) is 24.0. The highest BCUT2D eigenvalue weighted by atomic mass is 16.5. The van der Waals surface area contributed by atoms with Gasteiger partial charge in [0.25, 0.3) is 0 Å². The minimum Gasteiger partial charge on any atom is -0.459 e. The number of ether oxygens (including phenoxy) is 1. The van der Waals surface area contributed by atoms with Gasteiger partial charge < -0.3 is 10.1 Å². The van der Waals surface area contributed by atoms with Crippen LogP contribution in [0.25, 0.3) is 0 Å². The van der Waals surface area contributed by atoms with Crippen LogP contribution in [0.1, 0.15) is 37.0 Å². The zero-order valence-corrected chi connectivity index (χ0v) is 19.2. The van der Waals surface area contributed by atoms with Crippen molar-refractivity contribution in [3.8, 4) is 0 Å². The zero-order valence-electron chi connectivity index (χ0n) is 19.2. The molecule has 33 heavy (non-hydrogen) atoms. The van der Waals surface area contributed by atoms with Gasteiger partial charge in [0.15, 0.2) is 0 Å². The van der Waals surface area contributed by atoms with Gasteiger partial charge in [-0.05, 0) is 29.0 Å². The highest BCUT2D eigenvalue weighted by Gasteiger charge is 2.43. The Balaban J connectivity index is 1.92. The molecule has 0 saturated carbocycles. The third-order valence-corrected chi connectivity index (χ3v) is 5.80. The molecule has 170 valence electrons. The molecule has 3 aromatic carbocycles. The lowest BCUT2D eigenvalue weighted by atomic mass is 9.71. The fraction of sp³-hybridized carbons (Fsp3) is 0.241. The fourth-order valence-electron chi connectivity index (χ4n) is 4.00. The Morgan fingerprint density at radius 3 is 1.82 bits per heavy atom. The number of benzene rings is 3. The van der Waals surface area contributed by atoms with E-state index in [1.807, 2.05) is 105 Å². The molecule has 0 aliphatic carbocycles. The second kappa shape index (κ2) is 11.3. The second-order valence-electron chi connectivity index (χ2n) is 8.42. The molecule has 0 bridgehead atoms. The molecule has 3 rings (SSSR count). The first-order valence-corrected chi connectivity index (χ1v) is 11.2. The summed E-state index contributed by atoms with van der Waals surface area (Å²) in [6.07, 6.45) is 2.13. The minimum atomic E-state index is -1.02. The maximum absolute atomic E-state index is 14.0. The Bertz CT molecular complexity index is 1010. The van der Waals surface area contributed by atoms with E-state index >= 15 is 0 Å². The monoisotopic (exact) mass is 441 g/mol. The van der Waals surface area contributed by atoms with Crippen molar-refractivity contribution in [1.29, 1.82) is 0 Å². The molecule has 3 aromatic rings. The van der Waals surface area contributed by atoms with E-state index < -0.39 is 17.4 Å². The van der Waals surface area contributed by atoms with E-state index in [4.69, 9.17) is 4.74 Å². The molecule has 0 saturated heterocycles. The summed E-state index contributed by atoms with van der Waals surface area (Å²) >= 11 is 0. The molecule has 4 heteroatoms. The molecule has 0 unspecified atom stereocenters. The number of carbonyl (C=O) groups is 2. The van der Waals surface area contributed by atoms with Gasteiger partial charge in [-0.1, -0.05) is 111 Å². The summed E-state index contributed by atoms with van der Waals surface area (Å²) in [5.41, 5.74) is 1.56. The van der Waals surface area contributed by atoms with E-state index in [2.05, 4.69) is 11.9 Å². The van der Waals surface area contributed by atoms with Gasteiger partial charge in [0.2, 0.25) is 5.91 Å². The average Bonchev–Trinajstić information content (AvgIpc) is 2.85. The van der Waals surface area contributed by atoms with Crippen LogP contribution in [0, 0.1) is 5.92 Å². The highest BCUT2D eigenvalue weighted by molar-refractivity contribution is 5.95. The molecule has 0 radical (unpaired) electrons. The predicted molar refractivity (Wildman–Crippen MR) is 131 cm³/mol. The number of carbonyl (C=O) groups excluding carboxylic acids is 2. The van der Waals surface area contributed by atoms with Crippen molar-refractivity contribution in [1.82, 2.24) is 5.32 Å². The van der Waals surface area contributed by atoms with Gasteiger partial charge >= 0.3 is 5.97 Å². The van der Waals surface area contributed by atoms with Crippen LogP contribution in [0.3, 0.4) is 0 Å². The van der Waals surface area contributed by atoms with E-state index in [-0.39, 0.29) is 18.4 Å². The predicted octanol–water partition coefficient (Wildman–Crippen LogP) is 5.43. The van der Waals surface area contributed by atoms with Gasteiger partial charge in [-0.3, -0.25) is 4.79 Å². The summed E-state index contributed by atoms with van der Waals surface area (Å²) in [5, 5.41) is 3.01. The van der Waals surface area contributed by atoms with E-state index in [0.717, 1.165) is 16.7 Å². The van der Waals surface area contributed by atoms with Crippen LogP contribution in [0.4, 0.5) is 0 Å². The number of hydrogen-bond acceptors (Lipinski definition) is 3. The molecule has 4 nitrogen and oxygen atoms in total.